The first-order chi connectivity index (χ1) is 9.03. The molecule has 2 N–H and O–H groups in total. The molecule has 7 heteroatoms. The van der Waals surface area contributed by atoms with Crippen LogP contribution >= 0.6 is 0 Å². The van der Waals surface area contributed by atoms with E-state index < -0.39 is 10.0 Å². The number of aromatic nitrogens is 1. The van der Waals surface area contributed by atoms with Gasteiger partial charge in [-0.15, -0.1) is 0 Å². The van der Waals surface area contributed by atoms with E-state index in [-0.39, 0.29) is 29.6 Å². The summed E-state index contributed by atoms with van der Waals surface area (Å²) in [5.74, 6) is 0.466. The lowest BCUT2D eigenvalue weighted by Crippen LogP contribution is -2.23. The molecule has 0 aliphatic rings. The molecule has 0 radical (unpaired) electrons. The minimum atomic E-state index is -3.67. The van der Waals surface area contributed by atoms with Gasteiger partial charge in [-0.3, -0.25) is 4.98 Å². The van der Waals surface area contributed by atoms with Crippen LogP contribution in [0.4, 0.5) is 0 Å². The Hall–Kier alpha value is -1.70. The van der Waals surface area contributed by atoms with E-state index in [9.17, 15) is 8.42 Å². The zero-order chi connectivity index (χ0) is 13.9. The van der Waals surface area contributed by atoms with Crippen molar-refractivity contribution in [2.24, 2.45) is 0 Å². The van der Waals surface area contributed by atoms with Gasteiger partial charge in [0.2, 0.25) is 10.0 Å². The van der Waals surface area contributed by atoms with Crippen molar-refractivity contribution in [3.05, 3.63) is 47.7 Å². The van der Waals surface area contributed by atoms with Crippen LogP contribution in [0.15, 0.2) is 39.8 Å². The maximum Gasteiger partial charge on any atom is 0.244 e. The van der Waals surface area contributed by atoms with Gasteiger partial charge in [-0.1, -0.05) is 6.07 Å². The number of hydrogen-bond donors (Lipinski definition) is 2. The average Bonchev–Trinajstić information content (AvgIpc) is 2.80. The fourth-order valence-electron chi connectivity index (χ4n) is 1.62. The highest BCUT2D eigenvalue weighted by molar-refractivity contribution is 7.89. The molecule has 2 rings (SSSR count). The molecule has 19 heavy (non-hydrogen) atoms. The Morgan fingerprint density at radius 1 is 1.42 bits per heavy atom. The van der Waals surface area contributed by atoms with Crippen LogP contribution in [0.25, 0.3) is 0 Å². The zero-order valence-corrected chi connectivity index (χ0v) is 11.1. The van der Waals surface area contributed by atoms with Crippen LogP contribution in [0.3, 0.4) is 0 Å². The molecule has 0 aliphatic heterocycles. The fourth-order valence-corrected chi connectivity index (χ4v) is 2.82. The molecular weight excluding hydrogens is 268 g/mol. The lowest BCUT2D eigenvalue weighted by Gasteiger charge is -2.04. The predicted molar refractivity (Wildman–Crippen MR) is 67.6 cm³/mol. The molecule has 0 spiro atoms. The second kappa shape index (κ2) is 5.52. The molecule has 0 saturated heterocycles. The third kappa shape index (κ3) is 3.19. The summed E-state index contributed by atoms with van der Waals surface area (Å²) in [5, 5.41) is 8.93. The Morgan fingerprint density at radius 2 is 2.21 bits per heavy atom. The summed E-state index contributed by atoms with van der Waals surface area (Å²) in [7, 11) is -3.67. The number of pyridine rings is 1. The number of furan rings is 1. The predicted octanol–water partition coefficient (Wildman–Crippen LogP) is 0.954. The number of aliphatic hydroxyl groups excluding tert-OH is 1. The molecule has 2 heterocycles. The summed E-state index contributed by atoms with van der Waals surface area (Å²) in [5.41, 5.74) is 0.620. The van der Waals surface area contributed by atoms with Crippen LogP contribution < -0.4 is 4.72 Å². The maximum atomic E-state index is 12.1. The average molecular weight is 282 g/mol. The van der Waals surface area contributed by atoms with Crippen LogP contribution in [-0.2, 0) is 23.2 Å². The van der Waals surface area contributed by atoms with E-state index in [2.05, 4.69) is 9.71 Å². The van der Waals surface area contributed by atoms with E-state index >= 15 is 0 Å². The van der Waals surface area contributed by atoms with Gasteiger partial charge in [-0.05, 0) is 19.1 Å². The van der Waals surface area contributed by atoms with Crippen LogP contribution in [0.1, 0.15) is 17.2 Å². The second-order valence-corrected chi connectivity index (χ2v) is 5.67. The summed E-state index contributed by atoms with van der Waals surface area (Å²) in [6.45, 7) is 1.30. The molecule has 0 fully saturated rings. The third-order valence-corrected chi connectivity index (χ3v) is 4.05. The molecule has 0 aromatic carbocycles. The van der Waals surface area contributed by atoms with Crippen LogP contribution in [0.5, 0.6) is 0 Å². The molecule has 0 aliphatic carbocycles. The largest absolute Gasteiger partial charge is 0.462 e. The minimum Gasteiger partial charge on any atom is -0.462 e. The van der Waals surface area contributed by atoms with E-state index in [1.807, 2.05) is 0 Å². The van der Waals surface area contributed by atoms with Crippen LogP contribution in [0, 0.1) is 6.92 Å². The Morgan fingerprint density at radius 3 is 2.79 bits per heavy atom. The number of nitrogens with zero attached hydrogens (tertiary/aromatic N) is 1. The lowest BCUT2D eigenvalue weighted by atomic mass is 10.4. The van der Waals surface area contributed by atoms with Gasteiger partial charge < -0.3 is 9.52 Å². The molecule has 2 aromatic rings. The van der Waals surface area contributed by atoms with E-state index in [0.717, 1.165) is 0 Å². The summed E-state index contributed by atoms with van der Waals surface area (Å²) < 4.78 is 31.7. The van der Waals surface area contributed by atoms with Gasteiger partial charge in [0.1, 0.15) is 23.0 Å². The zero-order valence-electron chi connectivity index (χ0n) is 10.3. The number of rotatable bonds is 5. The van der Waals surface area contributed by atoms with Crippen molar-refractivity contribution in [1.29, 1.82) is 0 Å². The molecule has 0 bridgehead atoms. The first kappa shape index (κ1) is 13.7. The second-order valence-electron chi connectivity index (χ2n) is 3.94. The normalized spacial score (nSPS) is 11.7. The Balaban J connectivity index is 2.16. The van der Waals surface area contributed by atoms with Crippen molar-refractivity contribution in [2.75, 3.05) is 0 Å². The lowest BCUT2D eigenvalue weighted by molar-refractivity contribution is 0.244. The Bertz CT molecular complexity index is 650. The highest BCUT2D eigenvalue weighted by Crippen LogP contribution is 2.19. The van der Waals surface area contributed by atoms with E-state index in [0.29, 0.717) is 5.69 Å². The molecule has 0 unspecified atom stereocenters. The summed E-state index contributed by atoms with van der Waals surface area (Å²) in [6.07, 6.45) is 1.59. The van der Waals surface area contributed by atoms with Crippen molar-refractivity contribution < 1.29 is 17.9 Å². The first-order valence-corrected chi connectivity index (χ1v) is 7.11. The van der Waals surface area contributed by atoms with Gasteiger partial charge in [0.15, 0.2) is 0 Å². The highest BCUT2D eigenvalue weighted by atomic mass is 32.2. The fraction of sp³-hybridized carbons (Fsp3) is 0.250. The van der Waals surface area contributed by atoms with Crippen LogP contribution in [-0.4, -0.2) is 18.5 Å². The van der Waals surface area contributed by atoms with E-state index in [1.54, 1.807) is 24.4 Å². The molecule has 0 saturated carbocycles. The topological polar surface area (TPSA) is 92.4 Å². The molecule has 102 valence electrons. The van der Waals surface area contributed by atoms with Gasteiger partial charge >= 0.3 is 0 Å². The number of aryl methyl sites for hydroxylation is 1. The van der Waals surface area contributed by atoms with Gasteiger partial charge in [-0.2, -0.15) is 0 Å². The van der Waals surface area contributed by atoms with Crippen molar-refractivity contribution in [3.8, 4) is 0 Å². The molecule has 2 aromatic heterocycles. The van der Waals surface area contributed by atoms with E-state index in [1.165, 1.54) is 13.0 Å². The Kier molecular flexibility index (Phi) is 3.98. The van der Waals surface area contributed by atoms with Crippen molar-refractivity contribution >= 4 is 10.0 Å². The van der Waals surface area contributed by atoms with Crippen molar-refractivity contribution in [2.45, 2.75) is 25.0 Å². The number of sulfonamides is 1. The molecule has 0 atom stereocenters. The Labute approximate surface area is 111 Å². The monoisotopic (exact) mass is 282 g/mol. The van der Waals surface area contributed by atoms with Crippen molar-refractivity contribution in [3.63, 3.8) is 0 Å². The summed E-state index contributed by atoms with van der Waals surface area (Å²) >= 11 is 0. The first-order valence-electron chi connectivity index (χ1n) is 5.62. The van der Waals surface area contributed by atoms with Gasteiger partial charge in [0.25, 0.3) is 0 Å². The standard InChI is InChI=1S/C12H14N2O4S/c1-9-12(6-11(8-15)18-9)19(16,17)14-7-10-4-2-3-5-13-10/h2-6,14-15H,7-8H2,1H3. The maximum absolute atomic E-state index is 12.1. The number of nitrogens with one attached hydrogen (secondary N) is 1. The van der Waals surface area contributed by atoms with Gasteiger partial charge in [-0.25, -0.2) is 13.1 Å². The van der Waals surface area contributed by atoms with Gasteiger partial charge in [0, 0.05) is 12.3 Å². The molecule has 6 nitrogen and oxygen atoms in total. The third-order valence-electron chi connectivity index (χ3n) is 2.54. The smallest absolute Gasteiger partial charge is 0.244 e. The number of hydrogen-bond acceptors (Lipinski definition) is 5. The quantitative estimate of drug-likeness (QED) is 0.852. The van der Waals surface area contributed by atoms with E-state index in [4.69, 9.17) is 9.52 Å². The highest BCUT2D eigenvalue weighted by Gasteiger charge is 2.21. The van der Waals surface area contributed by atoms with Crippen LogP contribution in [0.2, 0.25) is 0 Å². The summed E-state index contributed by atoms with van der Waals surface area (Å²) in [4.78, 5) is 4.06. The van der Waals surface area contributed by atoms with Crippen molar-refractivity contribution in [1.82, 2.24) is 9.71 Å². The minimum absolute atomic E-state index is 0.0347. The molecular formula is C12H14N2O4S. The SMILES string of the molecule is Cc1oc(CO)cc1S(=O)(=O)NCc1ccccn1. The number of aliphatic hydroxyl groups is 1. The summed E-state index contributed by atoms with van der Waals surface area (Å²) in [6, 6.07) is 6.58. The van der Waals surface area contributed by atoms with Gasteiger partial charge in [0.05, 0.1) is 12.2 Å². The molecule has 0 amide bonds.